The molecule has 0 radical (unpaired) electrons. The van der Waals surface area contributed by atoms with Crippen molar-refractivity contribution in [1.82, 2.24) is 0 Å². The van der Waals surface area contributed by atoms with Gasteiger partial charge in [-0.3, -0.25) is 0 Å². The predicted octanol–water partition coefficient (Wildman–Crippen LogP) is 15.0. The molecule has 324 valence electrons. The van der Waals surface area contributed by atoms with Gasteiger partial charge in [-0.05, 0) is 140 Å². The highest BCUT2D eigenvalue weighted by atomic mass is 16.3. The highest BCUT2D eigenvalue weighted by molar-refractivity contribution is 7.00. The van der Waals surface area contributed by atoms with Gasteiger partial charge in [0, 0.05) is 39.1 Å². The number of hydrogen-bond acceptors (Lipinski definition) is 4. The van der Waals surface area contributed by atoms with Crippen LogP contribution in [-0.2, 0) is 27.1 Å². The zero-order valence-corrected chi connectivity index (χ0v) is 40.5. The van der Waals surface area contributed by atoms with Crippen LogP contribution in [-0.4, -0.2) is 6.71 Å². The van der Waals surface area contributed by atoms with Gasteiger partial charge in [-0.1, -0.05) is 139 Å². The van der Waals surface area contributed by atoms with Crippen LogP contribution in [0.15, 0.2) is 112 Å². The van der Waals surface area contributed by atoms with Gasteiger partial charge in [0.1, 0.15) is 16.7 Å². The number of benzene rings is 6. The second kappa shape index (κ2) is 13.2. The Hall–Kier alpha value is -5.68. The average molecular weight is 843 g/mol. The van der Waals surface area contributed by atoms with E-state index in [0.29, 0.717) is 0 Å². The van der Waals surface area contributed by atoms with E-state index in [-0.39, 0.29) is 33.8 Å². The summed E-state index contributed by atoms with van der Waals surface area (Å²) < 4.78 is 14.3. The summed E-state index contributed by atoms with van der Waals surface area (Å²) in [7, 11) is 0. The molecule has 0 unspecified atom stereocenters. The molecule has 64 heavy (non-hydrogen) atoms. The molecule has 4 nitrogen and oxygen atoms in total. The van der Waals surface area contributed by atoms with Gasteiger partial charge >= 0.3 is 0 Å². The number of hydrogen-bond donors (Lipinski definition) is 0. The van der Waals surface area contributed by atoms with Crippen LogP contribution in [0.2, 0.25) is 0 Å². The summed E-state index contributed by atoms with van der Waals surface area (Å²) in [6.45, 7) is 32.6. The van der Waals surface area contributed by atoms with Crippen LogP contribution in [0.4, 0.5) is 34.1 Å². The van der Waals surface area contributed by atoms with E-state index in [2.05, 4.69) is 210 Å². The zero-order chi connectivity index (χ0) is 45.2. The lowest BCUT2D eigenvalue weighted by Crippen LogP contribution is -2.61. The van der Waals surface area contributed by atoms with Crippen molar-refractivity contribution in [1.29, 1.82) is 0 Å². The Bertz CT molecular complexity index is 3250. The van der Waals surface area contributed by atoms with Gasteiger partial charge in [-0.15, -0.1) is 0 Å². The Morgan fingerprint density at radius 1 is 0.547 bits per heavy atom. The van der Waals surface area contributed by atoms with E-state index in [0.717, 1.165) is 68.5 Å². The molecule has 4 heterocycles. The standard InChI is InChI=1S/C59H63BN2O2/c1-34-29-46-51-47(30-34)62(44-25-24-40(57(8,9)10)53-50(44)38-17-15-16-18-48(38)63-53)45-33-42-41(58(11,12)27-28-59(42,13)14)32-43(45)60(51)54-52(39-31-36(56(5,6)7)21-26-49(39)64-54)61(46)37-22-19-35(20-23-37)55(2,3)4/h15-26,29-33H,27-28H2,1-14H3. The molecule has 3 aliphatic rings. The SMILES string of the molecule is Cc1cc2c3c(c1)N(c1ccc(C(C)(C)C)c4oc5ccccc5c14)c1cc4c(cc1B3c1oc3ccc(C(C)(C)C)cc3c1N2c1ccc(C(C)(C)C)cc1)C(C)(C)CCC4(C)C. The van der Waals surface area contributed by atoms with Gasteiger partial charge in [0.15, 0.2) is 0 Å². The third kappa shape index (κ3) is 5.94. The topological polar surface area (TPSA) is 32.8 Å². The fraction of sp³-hybridized carbons (Fsp3) is 0.356. The highest BCUT2D eigenvalue weighted by Crippen LogP contribution is 2.53. The number of aryl methyl sites for hydroxylation is 1. The second-order valence-corrected chi connectivity index (χ2v) is 23.8. The van der Waals surface area contributed by atoms with Crippen LogP contribution in [0.1, 0.15) is 136 Å². The third-order valence-electron chi connectivity index (χ3n) is 15.2. The molecule has 0 fully saturated rings. The molecule has 0 atom stereocenters. The molecular weight excluding hydrogens is 779 g/mol. The first kappa shape index (κ1) is 41.1. The van der Waals surface area contributed by atoms with E-state index in [1.54, 1.807) is 0 Å². The Morgan fingerprint density at radius 2 is 1.16 bits per heavy atom. The number of fused-ring (bicyclic) bond motifs is 10. The lowest BCUT2D eigenvalue weighted by Gasteiger charge is -2.46. The lowest BCUT2D eigenvalue weighted by molar-refractivity contribution is 0.332. The Kier molecular flexibility index (Phi) is 8.48. The minimum Gasteiger partial charge on any atom is -0.468 e. The number of nitrogens with zero attached hydrogens (tertiary/aromatic N) is 2. The number of rotatable bonds is 2. The minimum atomic E-state index is -0.140. The summed E-state index contributed by atoms with van der Waals surface area (Å²) in [4.78, 5) is 5.14. The molecule has 1 aliphatic carbocycles. The summed E-state index contributed by atoms with van der Waals surface area (Å²) in [5.41, 5.74) is 21.2. The normalized spacial score (nSPS) is 16.6. The fourth-order valence-corrected chi connectivity index (χ4v) is 11.4. The average Bonchev–Trinajstić information content (AvgIpc) is 3.80. The molecule has 2 aromatic heterocycles. The van der Waals surface area contributed by atoms with Crippen molar-refractivity contribution in [3.05, 3.63) is 137 Å². The molecule has 0 amide bonds. The first-order chi connectivity index (χ1) is 30.0. The van der Waals surface area contributed by atoms with Gasteiger partial charge in [0.25, 0.3) is 6.71 Å². The molecule has 6 aromatic carbocycles. The number of para-hydroxylation sites is 1. The second-order valence-electron chi connectivity index (χ2n) is 23.8. The van der Waals surface area contributed by atoms with Crippen molar-refractivity contribution in [3.8, 4) is 0 Å². The Morgan fingerprint density at radius 3 is 1.81 bits per heavy atom. The predicted molar refractivity (Wildman–Crippen MR) is 274 cm³/mol. The number of anilines is 6. The van der Waals surface area contributed by atoms with Gasteiger partial charge in [0.05, 0.1) is 22.4 Å². The maximum Gasteiger partial charge on any atom is 0.297 e. The van der Waals surface area contributed by atoms with Crippen molar-refractivity contribution in [3.63, 3.8) is 0 Å². The van der Waals surface area contributed by atoms with Gasteiger partial charge < -0.3 is 18.6 Å². The van der Waals surface area contributed by atoms with Crippen molar-refractivity contribution >= 4 is 90.3 Å². The van der Waals surface area contributed by atoms with E-state index in [4.69, 9.17) is 8.83 Å². The molecular formula is C59H63BN2O2. The highest BCUT2D eigenvalue weighted by Gasteiger charge is 2.49. The smallest absolute Gasteiger partial charge is 0.297 e. The van der Waals surface area contributed by atoms with Crippen molar-refractivity contribution < 1.29 is 8.83 Å². The van der Waals surface area contributed by atoms with Crippen LogP contribution in [0.5, 0.6) is 0 Å². The largest absolute Gasteiger partial charge is 0.468 e. The molecule has 0 N–H and O–H groups in total. The van der Waals surface area contributed by atoms with Gasteiger partial charge in [-0.25, -0.2) is 0 Å². The van der Waals surface area contributed by atoms with E-state index in [1.807, 2.05) is 0 Å². The van der Waals surface area contributed by atoms with Gasteiger partial charge in [-0.2, -0.15) is 0 Å². The molecule has 11 rings (SSSR count). The van der Waals surface area contributed by atoms with E-state index >= 15 is 0 Å². The first-order valence-corrected chi connectivity index (χ1v) is 23.6. The van der Waals surface area contributed by atoms with Crippen molar-refractivity contribution in [2.24, 2.45) is 0 Å². The summed E-state index contributed by atoms with van der Waals surface area (Å²) in [5.74, 6) is 0. The van der Waals surface area contributed by atoms with Crippen LogP contribution < -0.4 is 26.4 Å². The lowest BCUT2D eigenvalue weighted by atomic mass is 9.35. The molecule has 8 aromatic rings. The molecule has 2 aliphatic heterocycles. The fourth-order valence-electron chi connectivity index (χ4n) is 11.4. The first-order valence-electron chi connectivity index (χ1n) is 23.6. The van der Waals surface area contributed by atoms with Crippen molar-refractivity contribution in [2.45, 2.75) is 137 Å². The third-order valence-corrected chi connectivity index (χ3v) is 15.2. The quantitative estimate of drug-likeness (QED) is 0.162. The van der Waals surface area contributed by atoms with E-state index in [1.165, 1.54) is 61.4 Å². The Labute approximate surface area is 380 Å². The van der Waals surface area contributed by atoms with Gasteiger partial charge in [0.2, 0.25) is 0 Å². The molecule has 5 heteroatoms. The minimum absolute atomic E-state index is 0.00774. The maximum atomic E-state index is 7.40. The summed E-state index contributed by atoms with van der Waals surface area (Å²) in [5, 5.41) is 3.45. The van der Waals surface area contributed by atoms with E-state index in [9.17, 15) is 0 Å². The molecule has 0 saturated carbocycles. The summed E-state index contributed by atoms with van der Waals surface area (Å²) in [6.07, 6.45) is 2.28. The monoisotopic (exact) mass is 842 g/mol. The van der Waals surface area contributed by atoms with Crippen LogP contribution >= 0.6 is 0 Å². The van der Waals surface area contributed by atoms with Crippen molar-refractivity contribution in [2.75, 3.05) is 9.80 Å². The summed E-state index contributed by atoms with van der Waals surface area (Å²) >= 11 is 0. The van der Waals surface area contributed by atoms with Crippen LogP contribution in [0.25, 0.3) is 32.9 Å². The van der Waals surface area contributed by atoms with Crippen LogP contribution in [0, 0.1) is 6.92 Å². The zero-order valence-electron chi connectivity index (χ0n) is 40.5. The maximum absolute atomic E-state index is 7.40. The number of furan rings is 2. The molecule has 0 saturated heterocycles. The van der Waals surface area contributed by atoms with E-state index < -0.39 is 0 Å². The molecule has 0 spiro atoms. The molecule has 0 bridgehead atoms. The van der Waals surface area contributed by atoms with Crippen LogP contribution in [0.3, 0.4) is 0 Å². The Balaban J connectivity index is 1.30. The summed E-state index contributed by atoms with van der Waals surface area (Å²) in [6, 6.07) is 39.5.